The number of aromatic nitrogens is 2. The molecule has 0 spiro atoms. The maximum Gasteiger partial charge on any atom is 0.259 e. The van der Waals surface area contributed by atoms with E-state index in [0.29, 0.717) is 29.9 Å². The van der Waals surface area contributed by atoms with E-state index in [9.17, 15) is 4.79 Å². The molecule has 0 aliphatic carbocycles. The van der Waals surface area contributed by atoms with Crippen LogP contribution in [0.5, 0.6) is 5.75 Å². The molecule has 0 atom stereocenters. The number of para-hydroxylation sites is 1. The Balaban J connectivity index is 1.77. The molecule has 1 heterocycles. The Labute approximate surface area is 179 Å². The second-order valence-electron chi connectivity index (χ2n) is 9.33. The van der Waals surface area contributed by atoms with Gasteiger partial charge in [-0.15, -0.1) is 0 Å². The Morgan fingerprint density at radius 1 is 1.03 bits per heavy atom. The van der Waals surface area contributed by atoms with Crippen molar-refractivity contribution in [2.75, 3.05) is 13.2 Å². The van der Waals surface area contributed by atoms with Crippen LogP contribution in [0.1, 0.15) is 31.9 Å². The summed E-state index contributed by atoms with van der Waals surface area (Å²) in [4.78, 5) is 19.9. The van der Waals surface area contributed by atoms with Crippen molar-refractivity contribution in [3.05, 3.63) is 57.9 Å². The van der Waals surface area contributed by atoms with Crippen molar-refractivity contribution in [3.8, 4) is 17.1 Å². The van der Waals surface area contributed by atoms with E-state index in [2.05, 4.69) is 43.8 Å². The molecule has 0 aliphatic rings. The number of aromatic amines is 1. The molecule has 0 aliphatic heterocycles. The molecular weight excluding hydrogens is 392 g/mol. The van der Waals surface area contributed by atoms with Gasteiger partial charge in [0.15, 0.2) is 8.32 Å². The SMILES string of the molecule is Cc1cc(-c2nc3ccccc3c(=O)[nH]2)cc(C)c1OCCO[Si](C)(C)C(C)(C)C. The molecule has 1 N–H and O–H groups in total. The van der Waals surface area contributed by atoms with Crippen LogP contribution in [-0.4, -0.2) is 31.5 Å². The number of nitrogens with zero attached hydrogens (tertiary/aromatic N) is 1. The molecule has 30 heavy (non-hydrogen) atoms. The first-order valence-electron chi connectivity index (χ1n) is 10.4. The van der Waals surface area contributed by atoms with Gasteiger partial charge in [0.25, 0.3) is 5.56 Å². The number of hydrogen-bond acceptors (Lipinski definition) is 4. The van der Waals surface area contributed by atoms with Crippen LogP contribution in [0, 0.1) is 13.8 Å². The molecule has 1 aromatic heterocycles. The highest BCUT2D eigenvalue weighted by Gasteiger charge is 2.36. The minimum atomic E-state index is -1.77. The van der Waals surface area contributed by atoms with Crippen LogP contribution in [-0.2, 0) is 4.43 Å². The fourth-order valence-corrected chi connectivity index (χ4v) is 4.22. The molecule has 5 nitrogen and oxygen atoms in total. The smallest absolute Gasteiger partial charge is 0.259 e. The van der Waals surface area contributed by atoms with E-state index in [1.165, 1.54) is 0 Å². The number of ether oxygens (including phenoxy) is 1. The molecule has 0 saturated heterocycles. The number of fused-ring (bicyclic) bond motifs is 1. The summed E-state index contributed by atoms with van der Waals surface area (Å²) < 4.78 is 12.3. The number of rotatable bonds is 6. The van der Waals surface area contributed by atoms with Crippen LogP contribution in [0.15, 0.2) is 41.2 Å². The zero-order valence-corrected chi connectivity index (χ0v) is 20.1. The second-order valence-corrected chi connectivity index (χ2v) is 14.1. The highest BCUT2D eigenvalue weighted by atomic mass is 28.4. The summed E-state index contributed by atoms with van der Waals surface area (Å²) >= 11 is 0. The summed E-state index contributed by atoms with van der Waals surface area (Å²) in [7, 11) is -1.77. The Hall–Kier alpha value is -2.44. The molecule has 2 aromatic carbocycles. The minimum absolute atomic E-state index is 0.131. The summed E-state index contributed by atoms with van der Waals surface area (Å²) in [5.41, 5.74) is 3.45. The van der Waals surface area contributed by atoms with Crippen LogP contribution >= 0.6 is 0 Å². The van der Waals surface area contributed by atoms with Crippen molar-refractivity contribution in [1.82, 2.24) is 9.97 Å². The van der Waals surface area contributed by atoms with Gasteiger partial charge in [0.1, 0.15) is 18.2 Å². The van der Waals surface area contributed by atoms with Gasteiger partial charge in [0.05, 0.1) is 17.5 Å². The molecule has 0 amide bonds. The lowest BCUT2D eigenvalue weighted by molar-refractivity contribution is 0.202. The molecule has 0 fully saturated rings. The minimum Gasteiger partial charge on any atom is -0.491 e. The normalized spacial score (nSPS) is 12.4. The van der Waals surface area contributed by atoms with Gasteiger partial charge in [-0.2, -0.15) is 0 Å². The molecule has 0 radical (unpaired) electrons. The first-order chi connectivity index (χ1) is 14.0. The number of nitrogens with one attached hydrogen (secondary N) is 1. The third kappa shape index (κ3) is 4.65. The highest BCUT2D eigenvalue weighted by molar-refractivity contribution is 6.74. The zero-order valence-electron chi connectivity index (χ0n) is 19.1. The first kappa shape index (κ1) is 22.2. The van der Waals surface area contributed by atoms with E-state index in [4.69, 9.17) is 9.16 Å². The Bertz CT molecular complexity index is 1090. The predicted octanol–water partition coefficient (Wildman–Crippen LogP) is 5.61. The predicted molar refractivity (Wildman–Crippen MR) is 126 cm³/mol. The van der Waals surface area contributed by atoms with Crippen molar-refractivity contribution in [2.45, 2.75) is 52.8 Å². The van der Waals surface area contributed by atoms with Gasteiger partial charge >= 0.3 is 0 Å². The molecule has 0 saturated carbocycles. The van der Waals surface area contributed by atoms with E-state index in [1.54, 1.807) is 6.07 Å². The largest absolute Gasteiger partial charge is 0.491 e. The monoisotopic (exact) mass is 424 g/mol. The lowest BCUT2D eigenvalue weighted by atomic mass is 10.0. The summed E-state index contributed by atoms with van der Waals surface area (Å²) in [6.45, 7) is 16.3. The zero-order chi connectivity index (χ0) is 22.1. The molecule has 3 rings (SSSR count). The number of hydrogen-bond donors (Lipinski definition) is 1. The van der Waals surface area contributed by atoms with Gasteiger partial charge in [-0.25, -0.2) is 4.98 Å². The van der Waals surface area contributed by atoms with Gasteiger partial charge in [-0.1, -0.05) is 32.9 Å². The standard InChI is InChI=1S/C24H32N2O3Si/c1-16-14-18(22-25-20-11-9-8-10-19(20)23(27)26-22)15-17(2)21(16)28-12-13-29-30(6,7)24(3,4)5/h8-11,14-15H,12-13H2,1-7H3,(H,25,26,27). The van der Waals surface area contributed by atoms with Gasteiger partial charge in [-0.05, 0) is 67.4 Å². The fraction of sp³-hybridized carbons (Fsp3) is 0.417. The van der Waals surface area contributed by atoms with E-state index >= 15 is 0 Å². The van der Waals surface area contributed by atoms with Crippen molar-refractivity contribution < 1.29 is 9.16 Å². The van der Waals surface area contributed by atoms with Gasteiger partial charge in [-0.3, -0.25) is 4.79 Å². The van der Waals surface area contributed by atoms with Gasteiger partial charge in [0, 0.05) is 5.56 Å². The Morgan fingerprint density at radius 3 is 2.30 bits per heavy atom. The van der Waals surface area contributed by atoms with Crippen molar-refractivity contribution in [2.24, 2.45) is 0 Å². The van der Waals surface area contributed by atoms with E-state index in [-0.39, 0.29) is 10.6 Å². The third-order valence-corrected chi connectivity index (χ3v) is 10.5. The first-order valence-corrected chi connectivity index (χ1v) is 13.3. The lowest BCUT2D eigenvalue weighted by Crippen LogP contribution is -2.41. The quantitative estimate of drug-likeness (QED) is 0.413. The van der Waals surface area contributed by atoms with Gasteiger partial charge < -0.3 is 14.1 Å². The van der Waals surface area contributed by atoms with E-state index in [1.807, 2.05) is 44.2 Å². The van der Waals surface area contributed by atoms with Crippen molar-refractivity contribution >= 4 is 19.2 Å². The molecule has 160 valence electrons. The van der Waals surface area contributed by atoms with Crippen molar-refractivity contribution in [3.63, 3.8) is 0 Å². The van der Waals surface area contributed by atoms with E-state index in [0.717, 1.165) is 22.4 Å². The van der Waals surface area contributed by atoms with Crippen LogP contribution in [0.2, 0.25) is 18.1 Å². The van der Waals surface area contributed by atoms with Gasteiger partial charge in [0.2, 0.25) is 0 Å². The lowest BCUT2D eigenvalue weighted by Gasteiger charge is -2.36. The Morgan fingerprint density at radius 2 is 1.67 bits per heavy atom. The third-order valence-electron chi connectivity index (χ3n) is 5.95. The summed E-state index contributed by atoms with van der Waals surface area (Å²) in [5.74, 6) is 1.43. The van der Waals surface area contributed by atoms with Crippen LogP contribution in [0.4, 0.5) is 0 Å². The van der Waals surface area contributed by atoms with Crippen LogP contribution in [0.25, 0.3) is 22.3 Å². The maximum atomic E-state index is 12.4. The molecule has 0 unspecified atom stereocenters. The highest BCUT2D eigenvalue weighted by Crippen LogP contribution is 2.36. The van der Waals surface area contributed by atoms with Crippen LogP contribution in [0.3, 0.4) is 0 Å². The second kappa shape index (κ2) is 8.36. The number of aryl methyl sites for hydroxylation is 2. The van der Waals surface area contributed by atoms with Crippen molar-refractivity contribution in [1.29, 1.82) is 0 Å². The Kier molecular flexibility index (Phi) is 6.20. The maximum absolute atomic E-state index is 12.4. The summed E-state index contributed by atoms with van der Waals surface area (Å²) in [5, 5.41) is 0.779. The summed E-state index contributed by atoms with van der Waals surface area (Å²) in [6.07, 6.45) is 0. The van der Waals surface area contributed by atoms with E-state index < -0.39 is 8.32 Å². The number of benzene rings is 2. The van der Waals surface area contributed by atoms with Crippen LogP contribution < -0.4 is 10.3 Å². The molecule has 0 bridgehead atoms. The number of H-pyrrole nitrogens is 1. The molecule has 6 heteroatoms. The fourth-order valence-electron chi connectivity index (χ4n) is 3.19. The topological polar surface area (TPSA) is 64.2 Å². The molecule has 3 aromatic rings. The average Bonchev–Trinajstić information content (AvgIpc) is 2.65. The summed E-state index contributed by atoms with van der Waals surface area (Å²) in [6, 6.07) is 11.4. The average molecular weight is 425 g/mol. The molecular formula is C24H32N2O3Si.